The minimum Gasteiger partial charge on any atom is -0.493 e. The Hall–Kier alpha value is -1.91. The maximum absolute atomic E-state index is 11.3. The van der Waals surface area contributed by atoms with E-state index in [0.717, 1.165) is 11.3 Å². The molecule has 0 aromatic heterocycles. The van der Waals surface area contributed by atoms with Crippen LogP contribution in [0.15, 0.2) is 30.3 Å². The number of benzene rings is 2. The predicted molar refractivity (Wildman–Crippen MR) is 97.9 cm³/mol. The van der Waals surface area contributed by atoms with E-state index in [2.05, 4.69) is 5.32 Å². The first-order valence-corrected chi connectivity index (χ1v) is 8.31. The number of ether oxygens (including phenoxy) is 1. The van der Waals surface area contributed by atoms with Crippen LogP contribution in [0.3, 0.4) is 0 Å². The summed E-state index contributed by atoms with van der Waals surface area (Å²) in [7, 11) is 0. The zero-order chi connectivity index (χ0) is 17.7. The molecule has 0 aliphatic rings. The summed E-state index contributed by atoms with van der Waals surface area (Å²) < 4.78 is 5.77. The molecule has 128 valence electrons. The Bertz CT molecular complexity index is 747. The molecule has 0 spiro atoms. The number of aryl methyl sites for hydroxylation is 1. The molecule has 0 amide bonds. The van der Waals surface area contributed by atoms with Crippen molar-refractivity contribution in [2.24, 2.45) is 0 Å². The summed E-state index contributed by atoms with van der Waals surface area (Å²) in [4.78, 5) is 11.3. The number of carboxylic acid groups (broad SMARTS) is 1. The fourth-order valence-corrected chi connectivity index (χ4v) is 2.83. The van der Waals surface area contributed by atoms with Gasteiger partial charge in [-0.3, -0.25) is 0 Å². The molecule has 0 saturated carbocycles. The summed E-state index contributed by atoms with van der Waals surface area (Å²) in [5.74, 6) is -0.209. The Labute approximate surface area is 151 Å². The van der Waals surface area contributed by atoms with Crippen LogP contribution in [-0.2, 0) is 0 Å². The van der Waals surface area contributed by atoms with Gasteiger partial charge in [0, 0.05) is 11.6 Å². The molecule has 2 aromatic rings. The minimum absolute atomic E-state index is 0.0583. The van der Waals surface area contributed by atoms with Gasteiger partial charge in [-0.1, -0.05) is 35.3 Å². The molecular formula is C18H19Cl2NO3. The maximum atomic E-state index is 11.3. The SMILES string of the molecule is Cc1cccc(OCCCNc2c(Cl)cc(Cl)cc2C(=O)O)c1C. The number of rotatable bonds is 7. The van der Waals surface area contributed by atoms with Gasteiger partial charge in [-0.05, 0) is 49.6 Å². The van der Waals surface area contributed by atoms with E-state index in [1.54, 1.807) is 0 Å². The molecule has 0 saturated heterocycles. The van der Waals surface area contributed by atoms with Crippen molar-refractivity contribution >= 4 is 34.9 Å². The van der Waals surface area contributed by atoms with Gasteiger partial charge in [-0.15, -0.1) is 0 Å². The van der Waals surface area contributed by atoms with Crippen LogP contribution in [0.2, 0.25) is 10.0 Å². The van der Waals surface area contributed by atoms with Crippen LogP contribution in [0.5, 0.6) is 5.75 Å². The Morgan fingerprint density at radius 1 is 1.25 bits per heavy atom. The standard InChI is InChI=1S/C18H19Cl2NO3/c1-11-5-3-6-16(12(11)2)24-8-4-7-21-17-14(18(22)23)9-13(19)10-15(17)20/h3,5-6,9-10,21H,4,7-8H2,1-2H3,(H,22,23). The molecule has 0 unspecified atom stereocenters. The van der Waals surface area contributed by atoms with Crippen LogP contribution in [-0.4, -0.2) is 24.2 Å². The Kier molecular flexibility index (Phi) is 6.35. The number of carboxylic acids is 1. The van der Waals surface area contributed by atoms with Gasteiger partial charge in [0.05, 0.1) is 22.9 Å². The number of nitrogens with one attached hydrogen (secondary N) is 1. The highest BCUT2D eigenvalue weighted by Crippen LogP contribution is 2.30. The molecule has 2 rings (SSSR count). The number of carbonyl (C=O) groups is 1. The van der Waals surface area contributed by atoms with Gasteiger partial charge < -0.3 is 15.2 Å². The maximum Gasteiger partial charge on any atom is 0.337 e. The van der Waals surface area contributed by atoms with E-state index in [4.69, 9.17) is 27.9 Å². The summed E-state index contributed by atoms with van der Waals surface area (Å²) in [5.41, 5.74) is 2.74. The van der Waals surface area contributed by atoms with Crippen LogP contribution in [0.1, 0.15) is 27.9 Å². The first-order valence-electron chi connectivity index (χ1n) is 7.55. The zero-order valence-electron chi connectivity index (χ0n) is 13.5. The van der Waals surface area contributed by atoms with Crippen LogP contribution in [0, 0.1) is 13.8 Å². The Morgan fingerprint density at radius 2 is 2.00 bits per heavy atom. The summed E-state index contributed by atoms with van der Waals surface area (Å²) in [6, 6.07) is 8.84. The highest BCUT2D eigenvalue weighted by molar-refractivity contribution is 6.37. The third-order valence-corrected chi connectivity index (χ3v) is 4.24. The van der Waals surface area contributed by atoms with Crippen LogP contribution in [0.4, 0.5) is 5.69 Å². The van der Waals surface area contributed by atoms with Crippen molar-refractivity contribution in [1.29, 1.82) is 0 Å². The third-order valence-electron chi connectivity index (χ3n) is 3.72. The van der Waals surface area contributed by atoms with Gasteiger partial charge in [-0.25, -0.2) is 4.79 Å². The predicted octanol–water partition coefficient (Wildman–Crippen LogP) is 5.19. The van der Waals surface area contributed by atoms with Crippen molar-refractivity contribution in [3.8, 4) is 5.75 Å². The lowest BCUT2D eigenvalue weighted by molar-refractivity contribution is 0.0698. The van der Waals surface area contributed by atoms with Crippen molar-refractivity contribution in [1.82, 2.24) is 0 Å². The lowest BCUT2D eigenvalue weighted by Crippen LogP contribution is -2.11. The number of halogens is 2. The van der Waals surface area contributed by atoms with Crippen molar-refractivity contribution in [3.63, 3.8) is 0 Å². The smallest absolute Gasteiger partial charge is 0.337 e. The number of hydrogen-bond donors (Lipinski definition) is 2. The van der Waals surface area contributed by atoms with Crippen LogP contribution < -0.4 is 10.1 Å². The van der Waals surface area contributed by atoms with Gasteiger partial charge >= 0.3 is 5.97 Å². The number of anilines is 1. The van der Waals surface area contributed by atoms with Crippen molar-refractivity contribution < 1.29 is 14.6 Å². The first kappa shape index (κ1) is 18.4. The Morgan fingerprint density at radius 3 is 2.71 bits per heavy atom. The van der Waals surface area contributed by atoms with E-state index in [9.17, 15) is 9.90 Å². The van der Waals surface area contributed by atoms with Gasteiger partial charge in [-0.2, -0.15) is 0 Å². The average Bonchev–Trinajstić information content (AvgIpc) is 2.52. The largest absolute Gasteiger partial charge is 0.493 e. The second-order valence-electron chi connectivity index (χ2n) is 5.44. The molecule has 0 radical (unpaired) electrons. The van der Waals surface area contributed by atoms with E-state index in [1.165, 1.54) is 17.7 Å². The molecule has 6 heteroatoms. The lowest BCUT2D eigenvalue weighted by Gasteiger charge is -2.13. The first-order chi connectivity index (χ1) is 11.4. The number of hydrogen-bond acceptors (Lipinski definition) is 3. The molecular weight excluding hydrogens is 349 g/mol. The van der Waals surface area contributed by atoms with Crippen molar-refractivity contribution in [2.45, 2.75) is 20.3 Å². The van der Waals surface area contributed by atoms with Gasteiger partial charge in [0.15, 0.2) is 0 Å². The van der Waals surface area contributed by atoms with Crippen LogP contribution >= 0.6 is 23.2 Å². The fourth-order valence-electron chi connectivity index (χ4n) is 2.27. The summed E-state index contributed by atoms with van der Waals surface area (Å²) in [6.45, 7) is 5.12. The molecule has 0 bridgehead atoms. The van der Waals surface area contributed by atoms with Gasteiger partial charge in [0.25, 0.3) is 0 Å². The molecule has 0 aliphatic carbocycles. The number of aromatic carboxylic acids is 1. The van der Waals surface area contributed by atoms with E-state index < -0.39 is 5.97 Å². The molecule has 2 N–H and O–H groups in total. The molecule has 0 aliphatic heterocycles. The second kappa shape index (κ2) is 8.27. The molecule has 2 aromatic carbocycles. The molecule has 0 fully saturated rings. The minimum atomic E-state index is -1.08. The van der Waals surface area contributed by atoms with E-state index in [-0.39, 0.29) is 10.6 Å². The topological polar surface area (TPSA) is 58.6 Å². The fraction of sp³-hybridized carbons (Fsp3) is 0.278. The summed E-state index contributed by atoms with van der Waals surface area (Å²) in [6.07, 6.45) is 0.700. The van der Waals surface area contributed by atoms with Crippen molar-refractivity contribution in [2.75, 3.05) is 18.5 Å². The Balaban J connectivity index is 1.91. The second-order valence-corrected chi connectivity index (χ2v) is 6.29. The van der Waals surface area contributed by atoms with Gasteiger partial charge in [0.2, 0.25) is 0 Å². The quantitative estimate of drug-likeness (QED) is 0.661. The summed E-state index contributed by atoms with van der Waals surface area (Å²) in [5, 5.41) is 12.9. The molecule has 0 heterocycles. The molecule has 0 atom stereocenters. The monoisotopic (exact) mass is 367 g/mol. The van der Waals surface area contributed by atoms with Crippen molar-refractivity contribution in [3.05, 3.63) is 57.1 Å². The molecule has 24 heavy (non-hydrogen) atoms. The van der Waals surface area contributed by atoms with Crippen LogP contribution in [0.25, 0.3) is 0 Å². The van der Waals surface area contributed by atoms with E-state index in [1.807, 2.05) is 32.0 Å². The highest BCUT2D eigenvalue weighted by atomic mass is 35.5. The third kappa shape index (κ3) is 4.56. The lowest BCUT2D eigenvalue weighted by atomic mass is 10.1. The zero-order valence-corrected chi connectivity index (χ0v) is 15.0. The summed E-state index contributed by atoms with van der Waals surface area (Å²) >= 11 is 11.9. The highest BCUT2D eigenvalue weighted by Gasteiger charge is 2.14. The normalized spacial score (nSPS) is 10.5. The van der Waals surface area contributed by atoms with E-state index in [0.29, 0.717) is 30.3 Å². The molecule has 4 nitrogen and oxygen atoms in total. The average molecular weight is 368 g/mol. The van der Waals surface area contributed by atoms with Gasteiger partial charge in [0.1, 0.15) is 5.75 Å². The van der Waals surface area contributed by atoms with E-state index >= 15 is 0 Å².